The third-order valence-corrected chi connectivity index (χ3v) is 2.29. The molecule has 0 saturated carbocycles. The molecular formula is C11H17N3O4. The highest BCUT2D eigenvalue weighted by molar-refractivity contribution is 5.82. The molecule has 1 rings (SSSR count). The number of nitrogens with one attached hydrogen (secondary N) is 2. The van der Waals surface area contributed by atoms with E-state index in [2.05, 4.69) is 15.6 Å². The minimum absolute atomic E-state index is 0.115. The summed E-state index contributed by atoms with van der Waals surface area (Å²) in [7, 11) is 0. The van der Waals surface area contributed by atoms with Crippen LogP contribution in [0.15, 0.2) is 10.6 Å². The molecule has 18 heavy (non-hydrogen) atoms. The van der Waals surface area contributed by atoms with Crippen LogP contribution in [0.5, 0.6) is 0 Å². The average molecular weight is 255 g/mol. The van der Waals surface area contributed by atoms with Gasteiger partial charge in [-0.1, -0.05) is 13.8 Å². The van der Waals surface area contributed by atoms with Crippen molar-refractivity contribution in [2.75, 3.05) is 0 Å². The second-order valence-corrected chi connectivity index (χ2v) is 4.25. The molecule has 0 fully saturated rings. The number of carboxylic acid groups (broad SMARTS) is 1. The van der Waals surface area contributed by atoms with Gasteiger partial charge in [0.2, 0.25) is 5.89 Å². The van der Waals surface area contributed by atoms with Crippen LogP contribution in [0.4, 0.5) is 4.79 Å². The molecule has 0 aromatic carbocycles. The fourth-order valence-electron chi connectivity index (χ4n) is 1.34. The van der Waals surface area contributed by atoms with Crippen LogP contribution in [-0.4, -0.2) is 28.1 Å². The van der Waals surface area contributed by atoms with Gasteiger partial charge in [0, 0.05) is 0 Å². The lowest BCUT2D eigenvalue weighted by molar-refractivity contribution is -0.140. The Morgan fingerprint density at radius 1 is 1.50 bits per heavy atom. The monoisotopic (exact) mass is 255 g/mol. The second-order valence-electron chi connectivity index (χ2n) is 4.25. The van der Waals surface area contributed by atoms with Gasteiger partial charge in [0.1, 0.15) is 11.8 Å². The van der Waals surface area contributed by atoms with Crippen LogP contribution in [0.1, 0.15) is 25.5 Å². The Labute approximate surface area is 105 Å². The van der Waals surface area contributed by atoms with Gasteiger partial charge in [-0.05, 0) is 12.8 Å². The summed E-state index contributed by atoms with van der Waals surface area (Å²) in [6, 6.07) is -1.48. The van der Waals surface area contributed by atoms with Crippen LogP contribution in [0.3, 0.4) is 0 Å². The first-order valence-electron chi connectivity index (χ1n) is 5.58. The van der Waals surface area contributed by atoms with Gasteiger partial charge in [-0.25, -0.2) is 14.6 Å². The Morgan fingerprint density at radius 3 is 2.61 bits per heavy atom. The normalized spacial score (nSPS) is 12.2. The number of aryl methyl sites for hydroxylation is 1. The van der Waals surface area contributed by atoms with E-state index in [0.29, 0.717) is 11.7 Å². The van der Waals surface area contributed by atoms with Crippen LogP contribution in [-0.2, 0) is 11.3 Å². The topological polar surface area (TPSA) is 104 Å². The van der Waals surface area contributed by atoms with E-state index in [-0.39, 0.29) is 12.5 Å². The Balaban J connectivity index is 2.43. The van der Waals surface area contributed by atoms with Crippen LogP contribution < -0.4 is 10.6 Å². The van der Waals surface area contributed by atoms with Gasteiger partial charge >= 0.3 is 12.0 Å². The molecule has 0 aliphatic rings. The summed E-state index contributed by atoms with van der Waals surface area (Å²) in [4.78, 5) is 26.3. The summed E-state index contributed by atoms with van der Waals surface area (Å²) < 4.78 is 5.16. The van der Waals surface area contributed by atoms with Gasteiger partial charge in [-0.3, -0.25) is 0 Å². The molecule has 7 nitrogen and oxygen atoms in total. The molecule has 1 atom stereocenters. The first-order chi connectivity index (χ1) is 8.40. The molecule has 0 aliphatic carbocycles. The number of aliphatic carboxylic acids is 1. The van der Waals surface area contributed by atoms with Gasteiger partial charge in [-0.15, -0.1) is 0 Å². The summed E-state index contributed by atoms with van der Waals surface area (Å²) in [6.45, 7) is 5.30. The van der Waals surface area contributed by atoms with E-state index < -0.39 is 18.0 Å². The van der Waals surface area contributed by atoms with E-state index in [0.717, 1.165) is 0 Å². The fraction of sp³-hybridized carbons (Fsp3) is 0.545. The van der Waals surface area contributed by atoms with Crippen molar-refractivity contribution in [1.82, 2.24) is 15.6 Å². The molecule has 0 spiro atoms. The number of amides is 2. The van der Waals surface area contributed by atoms with E-state index in [1.807, 2.05) is 0 Å². The van der Waals surface area contributed by atoms with E-state index in [1.54, 1.807) is 27.0 Å². The van der Waals surface area contributed by atoms with Gasteiger partial charge in [0.15, 0.2) is 0 Å². The third-order valence-electron chi connectivity index (χ3n) is 2.29. The maximum atomic E-state index is 11.5. The van der Waals surface area contributed by atoms with Crippen molar-refractivity contribution in [3.63, 3.8) is 0 Å². The van der Waals surface area contributed by atoms with E-state index in [9.17, 15) is 9.59 Å². The van der Waals surface area contributed by atoms with Gasteiger partial charge in [-0.2, -0.15) is 0 Å². The van der Waals surface area contributed by atoms with Crippen molar-refractivity contribution in [3.8, 4) is 0 Å². The van der Waals surface area contributed by atoms with E-state index in [4.69, 9.17) is 9.52 Å². The van der Waals surface area contributed by atoms with Crippen molar-refractivity contribution in [1.29, 1.82) is 0 Å². The summed E-state index contributed by atoms with van der Waals surface area (Å²) in [5.74, 6) is -0.235. The summed E-state index contributed by atoms with van der Waals surface area (Å²) in [5.41, 5.74) is 0. The number of aromatic nitrogens is 1. The number of urea groups is 1. The number of carbonyl (C=O) groups is 2. The Bertz CT molecular complexity index is 428. The fourth-order valence-corrected chi connectivity index (χ4v) is 1.34. The molecule has 0 radical (unpaired) electrons. The molecule has 7 heteroatoms. The first-order valence-corrected chi connectivity index (χ1v) is 5.58. The molecule has 100 valence electrons. The molecule has 2 amide bonds. The molecule has 3 N–H and O–H groups in total. The third kappa shape index (κ3) is 4.08. The molecule has 0 bridgehead atoms. The molecule has 0 aliphatic heterocycles. The Hall–Kier alpha value is -2.05. The maximum absolute atomic E-state index is 11.5. The van der Waals surface area contributed by atoms with Crippen LogP contribution in [0, 0.1) is 12.8 Å². The minimum atomic E-state index is -1.06. The molecule has 0 saturated heterocycles. The number of rotatable bonds is 5. The van der Waals surface area contributed by atoms with Crippen molar-refractivity contribution in [2.45, 2.75) is 33.4 Å². The van der Waals surface area contributed by atoms with E-state index in [1.165, 1.54) is 0 Å². The quantitative estimate of drug-likeness (QED) is 0.724. The van der Waals surface area contributed by atoms with E-state index >= 15 is 0 Å². The summed E-state index contributed by atoms with van der Waals surface area (Å²) in [5, 5.41) is 13.8. The highest BCUT2D eigenvalue weighted by atomic mass is 16.4. The lowest BCUT2D eigenvalue weighted by Gasteiger charge is -2.17. The standard InChI is InChI=1S/C11H17N3O4/c1-6(2)9(10(15)16)14-11(17)13-5-8-12-4-7(3)18-8/h4,6,9H,5H2,1-3H3,(H,15,16)(H2,13,14,17)/t9-/m0/s1. The maximum Gasteiger partial charge on any atom is 0.326 e. The van der Waals surface area contributed by atoms with Gasteiger partial charge in [0.05, 0.1) is 12.7 Å². The highest BCUT2D eigenvalue weighted by Gasteiger charge is 2.23. The van der Waals surface area contributed by atoms with Crippen molar-refractivity contribution >= 4 is 12.0 Å². The molecule has 0 unspecified atom stereocenters. The smallest absolute Gasteiger partial charge is 0.326 e. The lowest BCUT2D eigenvalue weighted by atomic mass is 10.1. The van der Waals surface area contributed by atoms with Gasteiger partial charge in [0.25, 0.3) is 0 Å². The Kier molecular flexibility index (Phi) is 4.70. The number of hydrogen-bond acceptors (Lipinski definition) is 4. The largest absolute Gasteiger partial charge is 0.480 e. The van der Waals surface area contributed by atoms with Crippen molar-refractivity contribution in [3.05, 3.63) is 17.8 Å². The molecule has 1 aromatic rings. The predicted molar refractivity (Wildman–Crippen MR) is 62.9 cm³/mol. The van der Waals surface area contributed by atoms with Crippen molar-refractivity contribution < 1.29 is 19.1 Å². The van der Waals surface area contributed by atoms with Crippen molar-refractivity contribution in [2.24, 2.45) is 5.92 Å². The summed E-state index contributed by atoms with van der Waals surface area (Å²) >= 11 is 0. The minimum Gasteiger partial charge on any atom is -0.480 e. The average Bonchev–Trinajstić information content (AvgIpc) is 2.68. The number of carboxylic acids is 1. The predicted octanol–water partition coefficient (Wildman–Crippen LogP) is 0.891. The Morgan fingerprint density at radius 2 is 2.17 bits per heavy atom. The van der Waals surface area contributed by atoms with Gasteiger partial charge < -0.3 is 20.2 Å². The SMILES string of the molecule is Cc1cnc(CNC(=O)N[C@H](C(=O)O)C(C)C)o1. The lowest BCUT2D eigenvalue weighted by Crippen LogP contribution is -2.48. The number of hydrogen-bond donors (Lipinski definition) is 3. The highest BCUT2D eigenvalue weighted by Crippen LogP contribution is 2.02. The summed E-state index contributed by atoms with van der Waals surface area (Å²) in [6.07, 6.45) is 1.54. The zero-order valence-electron chi connectivity index (χ0n) is 10.6. The zero-order valence-corrected chi connectivity index (χ0v) is 10.6. The van der Waals surface area contributed by atoms with Crippen LogP contribution in [0.25, 0.3) is 0 Å². The molecular weight excluding hydrogens is 238 g/mol. The van der Waals surface area contributed by atoms with Crippen LogP contribution >= 0.6 is 0 Å². The molecule has 1 aromatic heterocycles. The first kappa shape index (κ1) is 14.0. The zero-order chi connectivity index (χ0) is 13.7. The number of nitrogens with zero attached hydrogens (tertiary/aromatic N) is 1. The number of carbonyl (C=O) groups excluding carboxylic acids is 1. The molecule has 1 heterocycles. The van der Waals surface area contributed by atoms with Crippen LogP contribution in [0.2, 0.25) is 0 Å². The number of oxazole rings is 1. The second kappa shape index (κ2) is 6.04.